The molecule has 0 aliphatic carbocycles. The first-order valence-corrected chi connectivity index (χ1v) is 11.8. The molecule has 2 heterocycles. The number of aliphatic imine (C=N–C) groups is 1. The van der Waals surface area contributed by atoms with E-state index in [1.807, 2.05) is 83.8 Å². The minimum absolute atomic E-state index is 0.0896. The van der Waals surface area contributed by atoms with Crippen molar-refractivity contribution in [2.75, 3.05) is 18.1 Å². The number of anilines is 1. The number of fused-ring (bicyclic) bond motifs is 3. The molecule has 6 heteroatoms. The minimum atomic E-state index is -1.11. The quantitative estimate of drug-likeness (QED) is 0.361. The van der Waals surface area contributed by atoms with Crippen molar-refractivity contribution in [1.29, 1.82) is 0 Å². The van der Waals surface area contributed by atoms with E-state index >= 15 is 0 Å². The summed E-state index contributed by atoms with van der Waals surface area (Å²) in [6.07, 6.45) is 2.14. The summed E-state index contributed by atoms with van der Waals surface area (Å²) in [7, 11) is 0. The third-order valence-electron chi connectivity index (χ3n) is 6.40. The average molecular weight is 469 g/mol. The molecule has 2 aliphatic rings. The summed E-state index contributed by atoms with van der Waals surface area (Å²) < 4.78 is 12.1. The monoisotopic (exact) mass is 468 g/mol. The van der Waals surface area contributed by atoms with E-state index in [0.29, 0.717) is 37.6 Å². The molecule has 1 amide bonds. The van der Waals surface area contributed by atoms with Crippen LogP contribution in [-0.4, -0.2) is 35.7 Å². The minimum Gasteiger partial charge on any atom is -0.494 e. The number of rotatable bonds is 9. The molecule has 3 aromatic carbocycles. The van der Waals surface area contributed by atoms with Gasteiger partial charge in [0.2, 0.25) is 5.90 Å². The van der Waals surface area contributed by atoms with Gasteiger partial charge >= 0.3 is 0 Å². The van der Waals surface area contributed by atoms with Crippen LogP contribution in [0.25, 0.3) is 0 Å². The second kappa shape index (κ2) is 9.76. The van der Waals surface area contributed by atoms with Gasteiger partial charge < -0.3 is 19.5 Å². The summed E-state index contributed by atoms with van der Waals surface area (Å²) in [5.41, 5.74) is 2.49. The van der Waals surface area contributed by atoms with Gasteiger partial charge in [0, 0.05) is 30.6 Å². The van der Waals surface area contributed by atoms with Gasteiger partial charge in [-0.1, -0.05) is 54.6 Å². The Morgan fingerprint density at radius 2 is 1.80 bits per heavy atom. The second-order valence-electron chi connectivity index (χ2n) is 8.72. The molecule has 1 N–H and O–H groups in total. The van der Waals surface area contributed by atoms with Gasteiger partial charge in [0.05, 0.1) is 18.8 Å². The van der Waals surface area contributed by atoms with Crippen molar-refractivity contribution in [2.45, 2.75) is 31.0 Å². The Bertz CT molecular complexity index is 1240. The fourth-order valence-corrected chi connectivity index (χ4v) is 4.72. The van der Waals surface area contributed by atoms with Crippen LogP contribution >= 0.6 is 0 Å². The number of hydrogen-bond acceptors (Lipinski definition) is 5. The highest BCUT2D eigenvalue weighted by atomic mass is 16.5. The lowest BCUT2D eigenvalue weighted by Crippen LogP contribution is -2.53. The molecule has 0 unspecified atom stereocenters. The number of carbonyl (C=O) groups excluding carboxylic acids is 1. The molecular formula is C29H28N2O4. The van der Waals surface area contributed by atoms with E-state index in [1.165, 1.54) is 0 Å². The van der Waals surface area contributed by atoms with Crippen molar-refractivity contribution in [3.63, 3.8) is 0 Å². The lowest BCUT2D eigenvalue weighted by Gasteiger charge is -2.41. The van der Waals surface area contributed by atoms with E-state index in [2.05, 4.69) is 6.58 Å². The maximum Gasteiger partial charge on any atom is 0.259 e. The van der Waals surface area contributed by atoms with Gasteiger partial charge in [0.25, 0.3) is 5.91 Å². The van der Waals surface area contributed by atoms with Crippen molar-refractivity contribution >= 4 is 17.5 Å². The van der Waals surface area contributed by atoms with Crippen LogP contribution < -0.4 is 9.64 Å². The van der Waals surface area contributed by atoms with Gasteiger partial charge in [-0.2, -0.15) is 0 Å². The smallest absolute Gasteiger partial charge is 0.259 e. The summed E-state index contributed by atoms with van der Waals surface area (Å²) in [6, 6.07) is 25.3. The van der Waals surface area contributed by atoms with Crippen LogP contribution in [0, 0.1) is 0 Å². The highest BCUT2D eigenvalue weighted by Crippen LogP contribution is 2.50. The predicted molar refractivity (Wildman–Crippen MR) is 136 cm³/mol. The number of para-hydroxylation sites is 1. The number of aliphatic hydroxyl groups is 1. The maximum absolute atomic E-state index is 14.1. The number of hydrogen-bond donors (Lipinski definition) is 1. The molecule has 0 saturated heterocycles. The first kappa shape index (κ1) is 22.9. The fraction of sp³-hybridized carbons (Fsp3) is 0.241. The zero-order valence-electron chi connectivity index (χ0n) is 19.5. The molecule has 0 aromatic heterocycles. The molecule has 6 nitrogen and oxygen atoms in total. The van der Waals surface area contributed by atoms with Gasteiger partial charge in [-0.3, -0.25) is 4.79 Å². The van der Waals surface area contributed by atoms with E-state index in [1.54, 1.807) is 6.08 Å². The Morgan fingerprint density at radius 3 is 2.54 bits per heavy atom. The first-order valence-electron chi connectivity index (χ1n) is 11.8. The number of carbonyl (C=O) groups is 1. The molecule has 0 fully saturated rings. The van der Waals surface area contributed by atoms with Crippen LogP contribution in [0.1, 0.15) is 35.6 Å². The number of benzene rings is 3. The van der Waals surface area contributed by atoms with Gasteiger partial charge in [0.15, 0.2) is 11.6 Å². The zero-order valence-corrected chi connectivity index (χ0v) is 19.5. The fourth-order valence-electron chi connectivity index (χ4n) is 4.72. The number of amides is 1. The van der Waals surface area contributed by atoms with Crippen LogP contribution in [0.15, 0.2) is 96.5 Å². The van der Waals surface area contributed by atoms with Crippen LogP contribution in [-0.2, 0) is 16.1 Å². The lowest BCUT2D eigenvalue weighted by molar-refractivity contribution is -0.127. The number of ether oxygens (including phenoxy) is 2. The molecule has 0 bridgehead atoms. The Hall–Kier alpha value is -3.90. The molecule has 0 spiro atoms. The number of nitrogens with zero attached hydrogens (tertiary/aromatic N) is 2. The van der Waals surface area contributed by atoms with E-state index < -0.39 is 11.6 Å². The summed E-state index contributed by atoms with van der Waals surface area (Å²) in [6.45, 7) is 4.91. The normalized spacial score (nSPS) is 20.5. The van der Waals surface area contributed by atoms with Crippen molar-refractivity contribution in [3.8, 4) is 5.75 Å². The molecule has 0 radical (unpaired) electrons. The Labute approximate surface area is 205 Å². The van der Waals surface area contributed by atoms with E-state index in [9.17, 15) is 4.79 Å². The van der Waals surface area contributed by atoms with Gasteiger partial charge in [-0.15, -0.1) is 6.58 Å². The molecule has 0 saturated carbocycles. The second-order valence-corrected chi connectivity index (χ2v) is 8.72. The first-order chi connectivity index (χ1) is 17.2. The SMILES string of the molecule is C=CC[C@]12N=C(c3ccc(OCCCO)cc3)O[C@H]1c1ccccc1N(Cc1ccccc1)C2=O. The van der Waals surface area contributed by atoms with Crippen molar-refractivity contribution in [1.82, 2.24) is 0 Å². The Kier molecular flexibility index (Phi) is 6.38. The van der Waals surface area contributed by atoms with Gasteiger partial charge in [-0.25, -0.2) is 4.99 Å². The maximum atomic E-state index is 14.1. The molecule has 35 heavy (non-hydrogen) atoms. The van der Waals surface area contributed by atoms with Crippen LogP contribution in [0.2, 0.25) is 0 Å². The van der Waals surface area contributed by atoms with Gasteiger partial charge in [0.1, 0.15) is 5.75 Å². The molecule has 5 rings (SSSR count). The molecule has 2 atom stereocenters. The Morgan fingerprint density at radius 1 is 1.06 bits per heavy atom. The molecule has 178 valence electrons. The molecule has 3 aromatic rings. The molecular weight excluding hydrogens is 440 g/mol. The summed E-state index contributed by atoms with van der Waals surface area (Å²) in [5, 5.41) is 8.94. The van der Waals surface area contributed by atoms with Gasteiger partial charge in [-0.05, 0) is 35.9 Å². The lowest BCUT2D eigenvalue weighted by atomic mass is 9.80. The third kappa shape index (κ3) is 4.21. The van der Waals surface area contributed by atoms with E-state index in [0.717, 1.165) is 22.4 Å². The van der Waals surface area contributed by atoms with Crippen LogP contribution in [0.3, 0.4) is 0 Å². The third-order valence-corrected chi connectivity index (χ3v) is 6.40. The highest BCUT2D eigenvalue weighted by molar-refractivity contribution is 6.09. The average Bonchev–Trinajstić information content (AvgIpc) is 3.29. The van der Waals surface area contributed by atoms with Crippen molar-refractivity contribution < 1.29 is 19.4 Å². The summed E-state index contributed by atoms with van der Waals surface area (Å²) in [5.74, 6) is 1.04. The standard InChI is InChI=1S/C29H28N2O4/c1-2-17-29-26(35-27(30-29)22-13-15-23(16-14-22)34-19-8-18-32)24-11-6-7-12-25(24)31(28(29)33)20-21-9-4-3-5-10-21/h2-7,9-16,26,32H,1,8,17-20H2/t26-,29-/m0/s1. The predicted octanol–water partition coefficient (Wildman–Crippen LogP) is 4.83. The molecule has 2 aliphatic heterocycles. The topological polar surface area (TPSA) is 71.4 Å². The zero-order chi connectivity index (χ0) is 24.3. The van der Waals surface area contributed by atoms with E-state index in [-0.39, 0.29) is 12.5 Å². The van der Waals surface area contributed by atoms with Crippen molar-refractivity contribution in [2.24, 2.45) is 4.99 Å². The largest absolute Gasteiger partial charge is 0.494 e. The van der Waals surface area contributed by atoms with Crippen LogP contribution in [0.4, 0.5) is 5.69 Å². The highest BCUT2D eigenvalue weighted by Gasteiger charge is 2.58. The van der Waals surface area contributed by atoms with Crippen LogP contribution in [0.5, 0.6) is 5.75 Å². The van der Waals surface area contributed by atoms with E-state index in [4.69, 9.17) is 19.6 Å². The number of aliphatic hydroxyl groups excluding tert-OH is 1. The Balaban J connectivity index is 1.52. The summed E-state index contributed by atoms with van der Waals surface area (Å²) >= 11 is 0. The summed E-state index contributed by atoms with van der Waals surface area (Å²) in [4.78, 5) is 20.9. The van der Waals surface area contributed by atoms with Crippen molar-refractivity contribution in [3.05, 3.63) is 108 Å².